The molecule has 0 aromatic heterocycles. The largest absolute Gasteiger partial charge is 0.489 e. The summed E-state index contributed by atoms with van der Waals surface area (Å²) in [6, 6.07) is 15.7. The first-order valence-electron chi connectivity index (χ1n) is 8.02. The number of nitrogens with two attached hydrogens (primary N) is 1. The van der Waals surface area contributed by atoms with Crippen LogP contribution in [0, 0.1) is 0 Å². The number of aryl methyl sites for hydroxylation is 1. The second kappa shape index (κ2) is 7.43. The van der Waals surface area contributed by atoms with E-state index in [0.717, 1.165) is 36.0 Å². The van der Waals surface area contributed by atoms with Crippen LogP contribution in [0.1, 0.15) is 23.7 Å². The van der Waals surface area contributed by atoms with Crippen molar-refractivity contribution in [3.8, 4) is 11.5 Å². The van der Waals surface area contributed by atoms with Gasteiger partial charge in [-0.25, -0.2) is 4.18 Å². The molecule has 0 bridgehead atoms. The molecular formula is C18H21NO5S. The van der Waals surface area contributed by atoms with Crippen molar-refractivity contribution in [2.45, 2.75) is 25.2 Å². The van der Waals surface area contributed by atoms with E-state index in [1.54, 1.807) is 6.07 Å². The molecule has 0 saturated carbocycles. The lowest BCUT2D eigenvalue weighted by Crippen LogP contribution is -2.33. The fourth-order valence-electron chi connectivity index (χ4n) is 2.79. The molecule has 0 aliphatic carbocycles. The molecule has 2 aromatic carbocycles. The second-order valence-corrected chi connectivity index (χ2v) is 7.58. The van der Waals surface area contributed by atoms with Crippen LogP contribution in [-0.4, -0.2) is 27.5 Å². The normalized spacial score (nSPS) is 18.1. The number of benzene rings is 2. The van der Waals surface area contributed by atoms with E-state index >= 15 is 0 Å². The van der Waals surface area contributed by atoms with Gasteiger partial charge in [-0.1, -0.05) is 30.3 Å². The van der Waals surface area contributed by atoms with Gasteiger partial charge < -0.3 is 15.2 Å². The number of hydrogen-bond donors (Lipinski definition) is 1. The minimum atomic E-state index is -3.60. The molecule has 6 nitrogen and oxygen atoms in total. The Hall–Kier alpha value is -2.09. The summed E-state index contributed by atoms with van der Waals surface area (Å²) in [5, 5.41) is 0. The van der Waals surface area contributed by atoms with E-state index in [2.05, 4.69) is 16.3 Å². The quantitative estimate of drug-likeness (QED) is 0.626. The van der Waals surface area contributed by atoms with Crippen LogP contribution in [0.2, 0.25) is 0 Å². The van der Waals surface area contributed by atoms with Crippen LogP contribution in [0.5, 0.6) is 11.5 Å². The van der Waals surface area contributed by atoms with Crippen LogP contribution >= 0.6 is 0 Å². The predicted octanol–water partition coefficient (Wildman–Crippen LogP) is 2.39. The monoisotopic (exact) mass is 363 g/mol. The highest BCUT2D eigenvalue weighted by Crippen LogP contribution is 2.36. The van der Waals surface area contributed by atoms with Crippen molar-refractivity contribution >= 4 is 10.1 Å². The van der Waals surface area contributed by atoms with Gasteiger partial charge in [0.2, 0.25) is 0 Å². The maximum atomic E-state index is 11.0. The smallest absolute Gasteiger partial charge is 0.266 e. The first-order valence-corrected chi connectivity index (χ1v) is 9.83. The highest BCUT2D eigenvalue weighted by molar-refractivity contribution is 7.86. The summed E-state index contributed by atoms with van der Waals surface area (Å²) in [5.41, 5.74) is 7.80. The minimum absolute atomic E-state index is 0.0528. The Labute approximate surface area is 147 Å². The molecule has 0 saturated heterocycles. The van der Waals surface area contributed by atoms with Gasteiger partial charge in [-0.05, 0) is 42.2 Å². The molecule has 0 fully saturated rings. The first-order chi connectivity index (χ1) is 11.9. The van der Waals surface area contributed by atoms with E-state index in [0.29, 0.717) is 5.75 Å². The Bertz CT molecular complexity index is 823. The Kier molecular flexibility index (Phi) is 5.27. The van der Waals surface area contributed by atoms with E-state index in [9.17, 15) is 8.42 Å². The summed E-state index contributed by atoms with van der Waals surface area (Å²) in [6.45, 7) is -0.0562. The summed E-state index contributed by atoms with van der Waals surface area (Å²) in [6.07, 6.45) is 1.73. The van der Waals surface area contributed by atoms with Gasteiger partial charge in [0, 0.05) is 0 Å². The lowest BCUT2D eigenvalue weighted by atomic mass is 9.97. The zero-order valence-electron chi connectivity index (χ0n) is 13.9. The zero-order valence-corrected chi connectivity index (χ0v) is 14.7. The minimum Gasteiger partial charge on any atom is -0.489 e. The molecule has 134 valence electrons. The highest BCUT2D eigenvalue weighted by atomic mass is 32.2. The van der Waals surface area contributed by atoms with Crippen LogP contribution in [-0.2, 0) is 20.7 Å². The molecule has 1 heterocycles. The Balaban J connectivity index is 1.62. The first kappa shape index (κ1) is 17.7. The summed E-state index contributed by atoms with van der Waals surface area (Å²) >= 11 is 0. The molecule has 2 atom stereocenters. The fourth-order valence-corrected chi connectivity index (χ4v) is 3.29. The third-order valence-corrected chi connectivity index (χ3v) is 4.46. The van der Waals surface area contributed by atoms with Gasteiger partial charge in [0.25, 0.3) is 10.1 Å². The molecule has 1 aliphatic heterocycles. The summed E-state index contributed by atoms with van der Waals surface area (Å²) < 4.78 is 38.3. The molecule has 2 unspecified atom stereocenters. The second-order valence-electron chi connectivity index (χ2n) is 5.98. The third kappa shape index (κ3) is 4.94. The maximum absolute atomic E-state index is 11.0. The molecule has 2 aromatic rings. The molecular weight excluding hydrogens is 342 g/mol. The van der Waals surface area contributed by atoms with Crippen molar-refractivity contribution in [2.75, 3.05) is 12.9 Å². The van der Waals surface area contributed by atoms with Gasteiger partial charge >= 0.3 is 0 Å². The predicted molar refractivity (Wildman–Crippen MR) is 94.0 cm³/mol. The molecule has 0 spiro atoms. The molecule has 1 aliphatic rings. The molecule has 3 rings (SSSR count). The van der Waals surface area contributed by atoms with Crippen LogP contribution in [0.15, 0.2) is 48.5 Å². The van der Waals surface area contributed by atoms with Crippen LogP contribution in [0.4, 0.5) is 0 Å². The molecule has 7 heteroatoms. The van der Waals surface area contributed by atoms with E-state index in [1.165, 1.54) is 0 Å². The van der Waals surface area contributed by atoms with Crippen LogP contribution < -0.4 is 15.2 Å². The Morgan fingerprint density at radius 1 is 1.24 bits per heavy atom. The lowest BCUT2D eigenvalue weighted by Gasteiger charge is -2.27. The maximum Gasteiger partial charge on any atom is 0.266 e. The average molecular weight is 363 g/mol. The summed E-state index contributed by atoms with van der Waals surface area (Å²) in [4.78, 5) is 0. The van der Waals surface area contributed by atoms with E-state index in [-0.39, 0.29) is 12.7 Å². The zero-order chi connectivity index (χ0) is 17.9. The molecule has 0 amide bonds. The molecule has 2 N–H and O–H groups in total. The fraction of sp³-hybridized carbons (Fsp3) is 0.333. The molecule has 0 radical (unpaired) electrons. The average Bonchev–Trinajstić information content (AvgIpc) is 2.58. The SMILES string of the molecule is CS(=O)(=O)OC(N)COc1ccc2c(c1)CCC(c1ccccc1)O2. The van der Waals surface area contributed by atoms with Crippen LogP contribution in [0.3, 0.4) is 0 Å². The van der Waals surface area contributed by atoms with Crippen molar-refractivity contribution < 1.29 is 22.1 Å². The summed E-state index contributed by atoms with van der Waals surface area (Å²) in [7, 11) is -3.60. The Morgan fingerprint density at radius 2 is 2.00 bits per heavy atom. The van der Waals surface area contributed by atoms with Gasteiger partial charge in [0.05, 0.1) is 6.26 Å². The van der Waals surface area contributed by atoms with Crippen molar-refractivity contribution in [3.05, 3.63) is 59.7 Å². The van der Waals surface area contributed by atoms with Gasteiger partial charge in [-0.2, -0.15) is 8.42 Å². The van der Waals surface area contributed by atoms with Crippen LogP contribution in [0.25, 0.3) is 0 Å². The highest BCUT2D eigenvalue weighted by Gasteiger charge is 2.21. The molecule has 25 heavy (non-hydrogen) atoms. The van der Waals surface area contributed by atoms with Gasteiger partial charge in [0.1, 0.15) is 24.2 Å². The topological polar surface area (TPSA) is 87.9 Å². The van der Waals surface area contributed by atoms with E-state index in [4.69, 9.17) is 15.2 Å². The van der Waals surface area contributed by atoms with E-state index < -0.39 is 16.3 Å². The number of ether oxygens (including phenoxy) is 2. The number of fused-ring (bicyclic) bond motifs is 1. The van der Waals surface area contributed by atoms with Crippen molar-refractivity contribution in [1.29, 1.82) is 0 Å². The van der Waals surface area contributed by atoms with Crippen molar-refractivity contribution in [2.24, 2.45) is 5.73 Å². The van der Waals surface area contributed by atoms with Gasteiger partial charge in [-0.3, -0.25) is 0 Å². The number of rotatable bonds is 6. The Morgan fingerprint density at radius 3 is 2.72 bits per heavy atom. The third-order valence-electron chi connectivity index (χ3n) is 3.86. The number of hydrogen-bond acceptors (Lipinski definition) is 6. The van der Waals surface area contributed by atoms with Gasteiger partial charge in [0.15, 0.2) is 6.23 Å². The van der Waals surface area contributed by atoms with Gasteiger partial charge in [-0.15, -0.1) is 0 Å². The van der Waals surface area contributed by atoms with Crippen molar-refractivity contribution in [1.82, 2.24) is 0 Å². The lowest BCUT2D eigenvalue weighted by molar-refractivity contribution is 0.140. The standard InChI is InChI=1S/C18H21NO5S/c1-25(20,21)24-18(19)12-22-15-8-10-17-14(11-15)7-9-16(23-17)13-5-3-2-4-6-13/h2-6,8,10-11,16,18H,7,9,12,19H2,1H3. The summed E-state index contributed by atoms with van der Waals surface area (Å²) in [5.74, 6) is 1.44. The van der Waals surface area contributed by atoms with E-state index in [1.807, 2.05) is 30.3 Å². The van der Waals surface area contributed by atoms with Crippen molar-refractivity contribution in [3.63, 3.8) is 0 Å².